The van der Waals surface area contributed by atoms with Crippen molar-refractivity contribution < 1.29 is 4.74 Å². The quantitative estimate of drug-likeness (QED) is 0.160. The van der Waals surface area contributed by atoms with Crippen molar-refractivity contribution >= 4 is 56.8 Å². The Morgan fingerprint density at radius 2 is 1.26 bits per heavy atom. The van der Waals surface area contributed by atoms with Crippen molar-refractivity contribution in [3.63, 3.8) is 0 Å². The molecule has 3 heterocycles. The van der Waals surface area contributed by atoms with E-state index in [1.165, 1.54) is 50.2 Å². The molecule has 5 aliphatic rings. The zero-order valence-electron chi connectivity index (χ0n) is 36.0. The van der Waals surface area contributed by atoms with Gasteiger partial charge in [-0.3, -0.25) is 0 Å². The molecule has 2 aliphatic heterocycles. The van der Waals surface area contributed by atoms with Crippen molar-refractivity contribution in [3.8, 4) is 22.6 Å². The molecule has 5 nitrogen and oxygen atoms in total. The molecule has 8 aromatic rings. The van der Waals surface area contributed by atoms with Gasteiger partial charge in [0, 0.05) is 63.2 Å². The summed E-state index contributed by atoms with van der Waals surface area (Å²) in [7, 11) is 0. The number of aryl methyl sites for hydroxylation is 1. The van der Waals surface area contributed by atoms with E-state index in [0.29, 0.717) is 0 Å². The summed E-state index contributed by atoms with van der Waals surface area (Å²) in [6.07, 6.45) is 22.3. The number of allylic oxidation sites excluding steroid dienone is 6. The Labute approximate surface area is 380 Å². The minimum atomic E-state index is 0.135. The predicted molar refractivity (Wildman–Crippen MR) is 269 cm³/mol. The predicted octanol–water partition coefficient (Wildman–Crippen LogP) is 15.5. The van der Waals surface area contributed by atoms with Crippen molar-refractivity contribution in [1.29, 1.82) is 0 Å². The fourth-order valence-corrected chi connectivity index (χ4v) is 10.8. The number of fused-ring (bicyclic) bond motifs is 7. The SMILES string of the molecule is C1=CC2c3cc(N(c4ccc(-c5ccccc5)cc4)c4ccc(-n5c6c(c7ccccc75)CCC=C6)cc4)ccc3N(c3cccc(N4C5=C(CCC=C5)Oc5ccccc54)c3)C2C=C1. The summed E-state index contributed by atoms with van der Waals surface area (Å²) in [5, 5.41) is 1.35. The number of hydrogen-bond donors (Lipinski definition) is 0. The zero-order chi connectivity index (χ0) is 42.8. The molecule has 0 amide bonds. The highest BCUT2D eigenvalue weighted by Crippen LogP contribution is 2.52. The van der Waals surface area contributed by atoms with Crippen LogP contribution in [0.5, 0.6) is 5.75 Å². The van der Waals surface area contributed by atoms with Gasteiger partial charge in [0.05, 0.1) is 22.9 Å². The number of benzene rings is 7. The van der Waals surface area contributed by atoms with Gasteiger partial charge in [-0.15, -0.1) is 0 Å². The Hall–Kier alpha value is -8.02. The van der Waals surface area contributed by atoms with Crippen LogP contribution in [0.4, 0.5) is 39.8 Å². The number of ether oxygens (including phenoxy) is 1. The summed E-state index contributed by atoms with van der Waals surface area (Å²) < 4.78 is 8.90. The van der Waals surface area contributed by atoms with Crippen molar-refractivity contribution in [2.45, 2.75) is 37.6 Å². The van der Waals surface area contributed by atoms with Gasteiger partial charge in [-0.2, -0.15) is 0 Å². The summed E-state index contributed by atoms with van der Waals surface area (Å²) in [4.78, 5) is 7.33. The van der Waals surface area contributed by atoms with E-state index in [1.807, 2.05) is 0 Å². The number of rotatable bonds is 7. The third-order valence-corrected chi connectivity index (χ3v) is 13.8. The van der Waals surface area contributed by atoms with Crippen LogP contribution in [0.3, 0.4) is 0 Å². The first-order valence-corrected chi connectivity index (χ1v) is 22.9. The summed E-state index contributed by atoms with van der Waals surface area (Å²) >= 11 is 0. The third-order valence-electron chi connectivity index (χ3n) is 13.8. The molecule has 65 heavy (non-hydrogen) atoms. The Balaban J connectivity index is 0.913. The fraction of sp³-hybridized carbons (Fsp3) is 0.100. The Morgan fingerprint density at radius 1 is 0.538 bits per heavy atom. The average molecular weight is 839 g/mol. The molecule has 0 bridgehead atoms. The standard InChI is InChI=1S/C60H46N4O/c1-2-15-41(16-3-1)42-29-31-43(32-30-42)61(44-33-35-45(36-34-44)62-53-22-7-4-19-49(53)50-20-5-8-23-54(50)62)48-37-38-56-52(40-48)51-21-6-9-24-55(51)63(56)46-17-14-18-47(39-46)64-57-25-10-12-27-59(57)65-60-28-13-11-26-58(60)64/h1-4,6-12,14-19,21-27,29-40,51,55H,5,13,20,28H2. The molecular formula is C60H46N4O. The van der Waals surface area contributed by atoms with Crippen LogP contribution in [0.1, 0.15) is 42.0 Å². The molecule has 7 aromatic carbocycles. The number of aromatic nitrogens is 1. The van der Waals surface area contributed by atoms with Crippen LogP contribution >= 0.6 is 0 Å². The summed E-state index contributed by atoms with van der Waals surface area (Å²) in [5.41, 5.74) is 17.9. The second kappa shape index (κ2) is 15.4. The minimum Gasteiger partial charge on any atom is -0.457 e. The highest BCUT2D eigenvalue weighted by atomic mass is 16.5. The smallest absolute Gasteiger partial charge is 0.151 e. The van der Waals surface area contributed by atoms with Crippen LogP contribution < -0.4 is 19.4 Å². The molecule has 0 radical (unpaired) electrons. The maximum atomic E-state index is 6.47. The van der Waals surface area contributed by atoms with Gasteiger partial charge in [0.1, 0.15) is 5.76 Å². The molecule has 0 fully saturated rings. The Bertz CT molecular complexity index is 3310. The minimum absolute atomic E-state index is 0.135. The average Bonchev–Trinajstić information content (AvgIpc) is 3.89. The van der Waals surface area contributed by atoms with Gasteiger partial charge in [0.25, 0.3) is 0 Å². The van der Waals surface area contributed by atoms with E-state index in [2.05, 4.69) is 238 Å². The van der Waals surface area contributed by atoms with E-state index < -0.39 is 0 Å². The molecular weight excluding hydrogens is 793 g/mol. The fourth-order valence-electron chi connectivity index (χ4n) is 10.8. The molecule has 0 saturated carbocycles. The first kappa shape index (κ1) is 37.5. The number of anilines is 7. The summed E-state index contributed by atoms with van der Waals surface area (Å²) in [5.74, 6) is 2.11. The lowest BCUT2D eigenvalue weighted by atomic mass is 9.91. The van der Waals surface area contributed by atoms with Crippen molar-refractivity contribution in [3.05, 3.63) is 241 Å². The van der Waals surface area contributed by atoms with E-state index in [9.17, 15) is 0 Å². The van der Waals surface area contributed by atoms with Crippen LogP contribution in [-0.2, 0) is 6.42 Å². The number of hydrogen-bond acceptors (Lipinski definition) is 4. The van der Waals surface area contributed by atoms with Crippen molar-refractivity contribution in [1.82, 2.24) is 4.57 Å². The number of para-hydroxylation sites is 3. The highest BCUT2D eigenvalue weighted by molar-refractivity contribution is 5.91. The van der Waals surface area contributed by atoms with Gasteiger partial charge in [-0.1, -0.05) is 115 Å². The van der Waals surface area contributed by atoms with E-state index in [0.717, 1.165) is 77.0 Å². The maximum Gasteiger partial charge on any atom is 0.151 e. The first-order chi connectivity index (χ1) is 32.2. The van der Waals surface area contributed by atoms with Gasteiger partial charge in [-0.05, 0) is 145 Å². The van der Waals surface area contributed by atoms with Crippen LogP contribution in [-0.4, -0.2) is 10.6 Å². The second-order valence-electron chi connectivity index (χ2n) is 17.5. The van der Waals surface area contributed by atoms with Crippen LogP contribution in [0.15, 0.2) is 224 Å². The third kappa shape index (κ3) is 6.22. The summed E-state index contributed by atoms with van der Waals surface area (Å²) in [6, 6.07) is 62.3. The molecule has 5 heteroatoms. The molecule has 0 saturated heterocycles. The Morgan fingerprint density at radius 3 is 2.15 bits per heavy atom. The molecule has 3 aliphatic carbocycles. The molecule has 1 aromatic heterocycles. The van der Waals surface area contributed by atoms with Gasteiger partial charge in [0.2, 0.25) is 0 Å². The lowest BCUT2D eigenvalue weighted by molar-refractivity contribution is 0.388. The van der Waals surface area contributed by atoms with Crippen LogP contribution in [0, 0.1) is 0 Å². The molecule has 312 valence electrons. The van der Waals surface area contributed by atoms with Gasteiger partial charge in [-0.25, -0.2) is 0 Å². The topological polar surface area (TPSA) is 23.9 Å². The van der Waals surface area contributed by atoms with E-state index >= 15 is 0 Å². The first-order valence-electron chi connectivity index (χ1n) is 22.9. The summed E-state index contributed by atoms with van der Waals surface area (Å²) in [6.45, 7) is 0. The molecule has 0 N–H and O–H groups in total. The highest BCUT2D eigenvalue weighted by Gasteiger charge is 2.38. The van der Waals surface area contributed by atoms with E-state index in [-0.39, 0.29) is 12.0 Å². The van der Waals surface area contributed by atoms with Crippen LogP contribution in [0.25, 0.3) is 33.8 Å². The zero-order valence-corrected chi connectivity index (χ0v) is 36.0. The van der Waals surface area contributed by atoms with E-state index in [4.69, 9.17) is 4.74 Å². The second-order valence-corrected chi connectivity index (χ2v) is 17.5. The van der Waals surface area contributed by atoms with Gasteiger partial charge >= 0.3 is 0 Å². The molecule has 0 spiro atoms. The molecule has 13 rings (SSSR count). The largest absolute Gasteiger partial charge is 0.457 e. The Kier molecular flexibility index (Phi) is 8.86. The van der Waals surface area contributed by atoms with E-state index in [1.54, 1.807) is 0 Å². The molecule has 2 unspecified atom stereocenters. The van der Waals surface area contributed by atoms with Crippen molar-refractivity contribution in [2.75, 3.05) is 14.7 Å². The monoisotopic (exact) mass is 838 g/mol. The van der Waals surface area contributed by atoms with Crippen LogP contribution in [0.2, 0.25) is 0 Å². The van der Waals surface area contributed by atoms with Gasteiger partial charge in [0.15, 0.2) is 5.75 Å². The molecule has 2 atom stereocenters. The lowest BCUT2D eigenvalue weighted by Gasteiger charge is -2.36. The lowest BCUT2D eigenvalue weighted by Crippen LogP contribution is -2.29. The van der Waals surface area contributed by atoms with Gasteiger partial charge < -0.3 is 24.0 Å². The maximum absolute atomic E-state index is 6.47. The van der Waals surface area contributed by atoms with Crippen molar-refractivity contribution in [2.24, 2.45) is 0 Å². The normalized spacial score (nSPS) is 17.7. The number of nitrogens with zero attached hydrogens (tertiary/aromatic N) is 4.